The van der Waals surface area contributed by atoms with Gasteiger partial charge in [0.05, 0.1) is 11.9 Å². The van der Waals surface area contributed by atoms with Crippen molar-refractivity contribution < 1.29 is 16.8 Å². The van der Waals surface area contributed by atoms with Crippen LogP contribution >= 0.6 is 0 Å². The number of anilines is 1. The summed E-state index contributed by atoms with van der Waals surface area (Å²) in [5.41, 5.74) is 0.260. The Balaban J connectivity index is 1.93. The molecule has 24 heavy (non-hydrogen) atoms. The highest BCUT2D eigenvalue weighted by Crippen LogP contribution is 2.29. The predicted octanol–water partition coefficient (Wildman–Crippen LogP) is 1.57. The van der Waals surface area contributed by atoms with Crippen LogP contribution in [0.1, 0.15) is 12.8 Å². The highest BCUT2D eigenvalue weighted by molar-refractivity contribution is 7.94. The summed E-state index contributed by atoms with van der Waals surface area (Å²) >= 11 is 0. The van der Waals surface area contributed by atoms with E-state index < -0.39 is 20.0 Å². The number of hydrogen-bond acceptors (Lipinski definition) is 5. The molecule has 1 aliphatic rings. The van der Waals surface area contributed by atoms with E-state index in [0.29, 0.717) is 12.5 Å². The fraction of sp³-hybridized carbons (Fsp3) is 0.267. The quantitative estimate of drug-likeness (QED) is 0.773. The van der Waals surface area contributed by atoms with Gasteiger partial charge in [0.2, 0.25) is 10.0 Å². The summed E-state index contributed by atoms with van der Waals surface area (Å²) in [6, 6.07) is 8.65. The first-order valence-corrected chi connectivity index (χ1v) is 10.4. The van der Waals surface area contributed by atoms with Crippen LogP contribution in [-0.2, 0) is 20.0 Å². The van der Waals surface area contributed by atoms with Gasteiger partial charge in [-0.2, -0.15) is 0 Å². The first kappa shape index (κ1) is 16.9. The molecule has 0 spiro atoms. The molecule has 1 aliphatic carbocycles. The molecule has 9 heteroatoms. The van der Waals surface area contributed by atoms with E-state index in [9.17, 15) is 16.8 Å². The van der Waals surface area contributed by atoms with Gasteiger partial charge in [-0.3, -0.25) is 9.71 Å². The fourth-order valence-electron chi connectivity index (χ4n) is 2.15. The third-order valence-electron chi connectivity index (χ3n) is 3.60. The summed E-state index contributed by atoms with van der Waals surface area (Å²) in [6.07, 6.45) is 4.84. The number of benzene rings is 1. The zero-order valence-electron chi connectivity index (χ0n) is 12.7. The largest absolute Gasteiger partial charge is 0.278 e. The minimum Gasteiger partial charge on any atom is -0.278 e. The van der Waals surface area contributed by atoms with Gasteiger partial charge in [0.1, 0.15) is 9.79 Å². The number of sulfonamides is 2. The second kappa shape index (κ2) is 6.50. The normalized spacial score (nSPS) is 15.2. The molecular formula is C15H17N3O4S2. The standard InChI is InChI=1S/C15H17N3O4S2/c19-23(20,17-10-12-7-8-12)14-5-1-2-6-15(14)24(21,22)18-13-4-3-9-16-11-13/h1-6,9,11-12,17-18H,7-8,10H2. The van der Waals surface area contributed by atoms with Crippen LogP contribution in [0.3, 0.4) is 0 Å². The van der Waals surface area contributed by atoms with Gasteiger partial charge in [0, 0.05) is 12.7 Å². The zero-order chi connectivity index (χ0) is 17.2. The molecule has 3 rings (SSSR count). The van der Waals surface area contributed by atoms with Crippen molar-refractivity contribution in [2.24, 2.45) is 5.92 Å². The molecule has 2 aromatic rings. The molecule has 0 radical (unpaired) electrons. The molecule has 2 N–H and O–H groups in total. The Morgan fingerprint density at radius 2 is 1.62 bits per heavy atom. The summed E-state index contributed by atoms with van der Waals surface area (Å²) in [7, 11) is -7.97. The number of aromatic nitrogens is 1. The maximum atomic E-state index is 12.6. The lowest BCUT2D eigenvalue weighted by molar-refractivity contribution is 0.571. The second-order valence-corrected chi connectivity index (χ2v) is 8.98. The molecule has 0 atom stereocenters. The number of nitrogens with one attached hydrogen (secondary N) is 2. The third-order valence-corrected chi connectivity index (χ3v) is 6.65. The molecule has 0 bridgehead atoms. The van der Waals surface area contributed by atoms with Crippen molar-refractivity contribution in [2.45, 2.75) is 22.6 Å². The van der Waals surface area contributed by atoms with Crippen molar-refractivity contribution in [2.75, 3.05) is 11.3 Å². The van der Waals surface area contributed by atoms with Crippen LogP contribution in [0.25, 0.3) is 0 Å². The summed E-state index contributed by atoms with van der Waals surface area (Å²) in [5, 5.41) is 0. The van der Waals surface area contributed by atoms with Crippen molar-refractivity contribution in [1.82, 2.24) is 9.71 Å². The number of hydrogen-bond donors (Lipinski definition) is 2. The average molecular weight is 367 g/mol. The van der Waals surface area contributed by atoms with Gasteiger partial charge < -0.3 is 0 Å². The highest BCUT2D eigenvalue weighted by atomic mass is 32.2. The smallest absolute Gasteiger partial charge is 0.263 e. The summed E-state index contributed by atoms with van der Waals surface area (Å²) < 4.78 is 54.9. The van der Waals surface area contributed by atoms with E-state index in [1.807, 2.05) is 0 Å². The van der Waals surface area contributed by atoms with E-state index in [2.05, 4.69) is 14.4 Å². The molecular weight excluding hydrogens is 350 g/mol. The van der Waals surface area contributed by atoms with Crippen LogP contribution in [0.15, 0.2) is 58.6 Å². The number of nitrogens with zero attached hydrogens (tertiary/aromatic N) is 1. The van der Waals surface area contributed by atoms with E-state index in [1.165, 1.54) is 42.7 Å². The SMILES string of the molecule is O=S(=O)(NCC1CC1)c1ccccc1S(=O)(=O)Nc1cccnc1. The first-order valence-electron chi connectivity index (χ1n) is 7.40. The average Bonchev–Trinajstić information content (AvgIpc) is 3.38. The Morgan fingerprint density at radius 3 is 2.21 bits per heavy atom. The van der Waals surface area contributed by atoms with Gasteiger partial charge in [-0.15, -0.1) is 0 Å². The van der Waals surface area contributed by atoms with Crippen LogP contribution in [0.4, 0.5) is 5.69 Å². The monoisotopic (exact) mass is 367 g/mol. The minimum atomic E-state index is -4.06. The molecule has 7 nitrogen and oxygen atoms in total. The van der Waals surface area contributed by atoms with Gasteiger partial charge in [-0.05, 0) is 43.0 Å². The summed E-state index contributed by atoms with van der Waals surface area (Å²) in [4.78, 5) is 3.28. The van der Waals surface area contributed by atoms with E-state index in [4.69, 9.17) is 0 Å². The molecule has 0 saturated heterocycles. The number of rotatable bonds is 7. The zero-order valence-corrected chi connectivity index (χ0v) is 14.3. The van der Waals surface area contributed by atoms with Gasteiger partial charge >= 0.3 is 0 Å². The molecule has 0 aliphatic heterocycles. The fourth-order valence-corrected chi connectivity index (χ4v) is 5.15. The Hall–Kier alpha value is -1.97. The van der Waals surface area contributed by atoms with Crippen LogP contribution in [0.5, 0.6) is 0 Å². The van der Waals surface area contributed by atoms with E-state index in [1.54, 1.807) is 6.07 Å². The van der Waals surface area contributed by atoms with Crippen molar-refractivity contribution in [3.63, 3.8) is 0 Å². The molecule has 1 aromatic carbocycles. The Bertz CT molecular complexity index is 924. The Labute approximate surface area is 141 Å². The first-order chi connectivity index (χ1) is 11.4. The molecule has 1 fully saturated rings. The Morgan fingerprint density at radius 1 is 0.958 bits per heavy atom. The van der Waals surface area contributed by atoms with Crippen molar-refractivity contribution in [3.05, 3.63) is 48.8 Å². The number of pyridine rings is 1. The molecule has 0 amide bonds. The minimum absolute atomic E-state index is 0.260. The maximum absolute atomic E-state index is 12.6. The molecule has 1 aromatic heterocycles. The van der Waals surface area contributed by atoms with Crippen LogP contribution < -0.4 is 9.44 Å². The van der Waals surface area contributed by atoms with Gasteiger partial charge in [0.25, 0.3) is 10.0 Å². The Kier molecular flexibility index (Phi) is 4.57. The van der Waals surface area contributed by atoms with E-state index in [0.717, 1.165) is 12.8 Å². The van der Waals surface area contributed by atoms with E-state index >= 15 is 0 Å². The van der Waals surface area contributed by atoms with Crippen molar-refractivity contribution in [3.8, 4) is 0 Å². The molecule has 1 heterocycles. The van der Waals surface area contributed by atoms with Crippen LogP contribution in [0.2, 0.25) is 0 Å². The third kappa shape index (κ3) is 3.92. The topological polar surface area (TPSA) is 105 Å². The van der Waals surface area contributed by atoms with E-state index in [-0.39, 0.29) is 15.5 Å². The lowest BCUT2D eigenvalue weighted by atomic mass is 10.4. The summed E-state index contributed by atoms with van der Waals surface area (Å²) in [6.45, 7) is 0.326. The van der Waals surface area contributed by atoms with Gasteiger partial charge in [-0.1, -0.05) is 12.1 Å². The molecule has 1 saturated carbocycles. The maximum Gasteiger partial charge on any atom is 0.263 e. The van der Waals surface area contributed by atoms with Crippen molar-refractivity contribution in [1.29, 1.82) is 0 Å². The summed E-state index contributed by atoms with van der Waals surface area (Å²) in [5.74, 6) is 0.345. The van der Waals surface area contributed by atoms with Crippen molar-refractivity contribution >= 4 is 25.7 Å². The molecule has 128 valence electrons. The highest BCUT2D eigenvalue weighted by Gasteiger charge is 2.29. The van der Waals surface area contributed by atoms with Crippen LogP contribution in [0, 0.1) is 5.92 Å². The lowest BCUT2D eigenvalue weighted by Crippen LogP contribution is -2.28. The van der Waals surface area contributed by atoms with Gasteiger partial charge in [0.15, 0.2) is 0 Å². The van der Waals surface area contributed by atoms with Gasteiger partial charge in [-0.25, -0.2) is 21.6 Å². The predicted molar refractivity (Wildman–Crippen MR) is 89.4 cm³/mol. The second-order valence-electron chi connectivity index (χ2n) is 5.59. The molecule has 0 unspecified atom stereocenters. The van der Waals surface area contributed by atoms with Crippen LogP contribution in [-0.4, -0.2) is 28.4 Å². The lowest BCUT2D eigenvalue weighted by Gasteiger charge is -2.13.